The highest BCUT2D eigenvalue weighted by Crippen LogP contribution is 2.10. The normalized spacial score (nSPS) is 10.3. The van der Waals surface area contributed by atoms with E-state index in [2.05, 4.69) is 26.6 Å². The zero-order valence-electron chi connectivity index (χ0n) is 16.1. The van der Waals surface area contributed by atoms with E-state index in [0.29, 0.717) is 12.1 Å². The van der Waals surface area contributed by atoms with Gasteiger partial charge in [-0.25, -0.2) is 4.39 Å². The minimum absolute atomic E-state index is 0.0722. The molecule has 3 amide bonds. The van der Waals surface area contributed by atoms with Crippen molar-refractivity contribution < 1.29 is 18.8 Å². The van der Waals surface area contributed by atoms with Crippen LogP contribution in [0.15, 0.2) is 53.0 Å². The van der Waals surface area contributed by atoms with Crippen LogP contribution in [0.3, 0.4) is 0 Å². The van der Waals surface area contributed by atoms with Gasteiger partial charge >= 0.3 is 0 Å². The average molecular weight is 464 g/mol. The Bertz CT molecular complexity index is 841. The first-order valence-electron chi connectivity index (χ1n) is 9.21. The monoisotopic (exact) mass is 463 g/mol. The number of hydrogen-bond acceptors (Lipinski definition) is 3. The van der Waals surface area contributed by atoms with E-state index in [1.807, 2.05) is 0 Å². The van der Waals surface area contributed by atoms with Crippen LogP contribution in [-0.2, 0) is 16.1 Å². The predicted octanol–water partition coefficient (Wildman–Crippen LogP) is 2.87. The van der Waals surface area contributed by atoms with E-state index in [-0.39, 0.29) is 49.6 Å². The number of rotatable bonds is 9. The molecule has 2 aromatic rings. The molecule has 29 heavy (non-hydrogen) atoms. The molecule has 0 saturated heterocycles. The van der Waals surface area contributed by atoms with E-state index in [9.17, 15) is 18.8 Å². The number of carbonyl (C=O) groups is 3. The summed E-state index contributed by atoms with van der Waals surface area (Å²) in [5, 5.41) is 5.41. The van der Waals surface area contributed by atoms with E-state index < -0.39 is 0 Å². The zero-order chi connectivity index (χ0) is 21.2. The molecule has 0 aliphatic rings. The molecule has 0 aromatic heterocycles. The maximum atomic E-state index is 12.9. The van der Waals surface area contributed by atoms with Crippen molar-refractivity contribution in [2.45, 2.75) is 19.9 Å². The summed E-state index contributed by atoms with van der Waals surface area (Å²) in [5.41, 5.74) is 1.28. The van der Waals surface area contributed by atoms with Crippen LogP contribution in [0.25, 0.3) is 0 Å². The van der Waals surface area contributed by atoms with Crippen LogP contribution in [0.2, 0.25) is 0 Å². The number of nitrogens with zero attached hydrogens (tertiary/aromatic N) is 1. The number of halogens is 2. The molecule has 6 nitrogen and oxygen atoms in total. The lowest BCUT2D eigenvalue weighted by Gasteiger charge is -2.20. The van der Waals surface area contributed by atoms with Crippen LogP contribution in [0.4, 0.5) is 4.39 Å². The number of carbonyl (C=O) groups excluding carboxylic acids is 3. The van der Waals surface area contributed by atoms with Crippen LogP contribution in [-0.4, -0.2) is 42.3 Å². The number of benzene rings is 2. The standard InChI is InChI=1S/C21H23BrFN3O3/c1-2-26(14-19(27)25-13-15-3-9-18(23)10-4-15)20(28)11-12-24-21(29)16-5-7-17(22)8-6-16/h3-10H,2,11-14H2,1H3,(H,24,29)(H,25,27). The number of nitrogens with one attached hydrogen (secondary N) is 2. The van der Waals surface area contributed by atoms with Crippen LogP contribution in [0.5, 0.6) is 0 Å². The molecule has 0 atom stereocenters. The van der Waals surface area contributed by atoms with E-state index in [4.69, 9.17) is 0 Å². The lowest BCUT2D eigenvalue weighted by molar-refractivity contribution is -0.135. The minimum atomic E-state index is -0.338. The molecule has 0 spiro atoms. The van der Waals surface area contributed by atoms with Gasteiger partial charge in [0, 0.05) is 36.1 Å². The van der Waals surface area contributed by atoms with E-state index in [1.54, 1.807) is 43.3 Å². The molecule has 0 radical (unpaired) electrons. The number of likely N-dealkylation sites (N-methyl/N-ethyl adjacent to an activating group) is 1. The fourth-order valence-electron chi connectivity index (χ4n) is 2.55. The molecule has 0 aliphatic heterocycles. The smallest absolute Gasteiger partial charge is 0.251 e. The summed E-state index contributed by atoms with van der Waals surface area (Å²) in [6, 6.07) is 12.7. The van der Waals surface area contributed by atoms with Crippen molar-refractivity contribution in [3.8, 4) is 0 Å². The van der Waals surface area contributed by atoms with Crippen LogP contribution in [0, 0.1) is 5.82 Å². The molecule has 8 heteroatoms. The second-order valence-corrected chi connectivity index (χ2v) is 7.24. The molecule has 0 aliphatic carbocycles. The van der Waals surface area contributed by atoms with Gasteiger partial charge in [0.15, 0.2) is 0 Å². The largest absolute Gasteiger partial charge is 0.352 e. The summed E-state index contributed by atoms with van der Waals surface area (Å²) in [7, 11) is 0. The third-order valence-electron chi connectivity index (χ3n) is 4.20. The van der Waals surface area contributed by atoms with Gasteiger partial charge in [-0.15, -0.1) is 0 Å². The van der Waals surface area contributed by atoms with Gasteiger partial charge in [0.05, 0.1) is 6.54 Å². The van der Waals surface area contributed by atoms with E-state index >= 15 is 0 Å². The Kier molecular flexibility index (Phi) is 8.79. The maximum Gasteiger partial charge on any atom is 0.251 e. The Morgan fingerprint density at radius 1 is 1.00 bits per heavy atom. The number of hydrogen-bond donors (Lipinski definition) is 2. The van der Waals surface area contributed by atoms with Gasteiger partial charge in [0.25, 0.3) is 5.91 Å². The Hall–Kier alpha value is -2.74. The van der Waals surface area contributed by atoms with Gasteiger partial charge in [-0.1, -0.05) is 28.1 Å². The average Bonchev–Trinajstić information content (AvgIpc) is 2.71. The first-order valence-corrected chi connectivity index (χ1v) is 10.0. The van der Waals surface area contributed by atoms with Crippen molar-refractivity contribution in [3.63, 3.8) is 0 Å². The lowest BCUT2D eigenvalue weighted by atomic mass is 10.2. The lowest BCUT2D eigenvalue weighted by Crippen LogP contribution is -2.41. The fourth-order valence-corrected chi connectivity index (χ4v) is 2.82. The topological polar surface area (TPSA) is 78.5 Å². The second-order valence-electron chi connectivity index (χ2n) is 6.32. The third-order valence-corrected chi connectivity index (χ3v) is 4.73. The fraction of sp³-hybridized carbons (Fsp3) is 0.286. The Labute approximate surface area is 177 Å². The molecule has 0 fully saturated rings. The molecular formula is C21H23BrFN3O3. The minimum Gasteiger partial charge on any atom is -0.352 e. The SMILES string of the molecule is CCN(CC(=O)NCc1ccc(F)cc1)C(=O)CCNC(=O)c1ccc(Br)cc1. The van der Waals surface area contributed by atoms with Crippen molar-refractivity contribution >= 4 is 33.7 Å². The van der Waals surface area contributed by atoms with Crippen molar-refractivity contribution in [2.75, 3.05) is 19.6 Å². The van der Waals surface area contributed by atoms with Gasteiger partial charge in [-0.2, -0.15) is 0 Å². The van der Waals surface area contributed by atoms with Crippen molar-refractivity contribution in [1.82, 2.24) is 15.5 Å². The van der Waals surface area contributed by atoms with Crippen LogP contribution < -0.4 is 10.6 Å². The summed E-state index contributed by atoms with van der Waals surface area (Å²) in [4.78, 5) is 37.9. The van der Waals surface area contributed by atoms with Gasteiger partial charge in [0.1, 0.15) is 5.82 Å². The third kappa shape index (κ3) is 7.65. The summed E-state index contributed by atoms with van der Waals surface area (Å²) >= 11 is 3.31. The Morgan fingerprint density at radius 2 is 1.66 bits per heavy atom. The molecule has 2 rings (SSSR count). The molecule has 0 saturated carbocycles. The zero-order valence-corrected chi connectivity index (χ0v) is 17.7. The van der Waals surface area contributed by atoms with E-state index in [0.717, 1.165) is 10.0 Å². The molecule has 2 aromatic carbocycles. The molecular weight excluding hydrogens is 441 g/mol. The highest BCUT2D eigenvalue weighted by molar-refractivity contribution is 9.10. The maximum absolute atomic E-state index is 12.9. The molecule has 2 N–H and O–H groups in total. The Morgan fingerprint density at radius 3 is 2.28 bits per heavy atom. The Balaban J connectivity index is 1.74. The van der Waals surface area contributed by atoms with Gasteiger partial charge in [0.2, 0.25) is 11.8 Å². The van der Waals surface area contributed by atoms with Crippen molar-refractivity contribution in [3.05, 3.63) is 69.9 Å². The quantitative estimate of drug-likeness (QED) is 0.599. The molecule has 0 unspecified atom stereocenters. The first kappa shape index (κ1) is 22.5. The van der Waals surface area contributed by atoms with Gasteiger partial charge in [-0.3, -0.25) is 14.4 Å². The van der Waals surface area contributed by atoms with Crippen molar-refractivity contribution in [2.24, 2.45) is 0 Å². The first-order chi connectivity index (χ1) is 13.9. The second kappa shape index (κ2) is 11.3. The van der Waals surface area contributed by atoms with Crippen LogP contribution >= 0.6 is 15.9 Å². The summed E-state index contributed by atoms with van der Waals surface area (Å²) in [6.07, 6.45) is 0.0986. The van der Waals surface area contributed by atoms with Gasteiger partial charge in [-0.05, 0) is 48.9 Å². The highest BCUT2D eigenvalue weighted by Gasteiger charge is 2.16. The molecule has 0 heterocycles. The molecule has 154 valence electrons. The summed E-state index contributed by atoms with van der Waals surface area (Å²) in [6.45, 7) is 2.53. The van der Waals surface area contributed by atoms with E-state index in [1.165, 1.54) is 17.0 Å². The molecule has 0 bridgehead atoms. The van der Waals surface area contributed by atoms with Crippen LogP contribution in [0.1, 0.15) is 29.3 Å². The number of amides is 3. The van der Waals surface area contributed by atoms with Crippen molar-refractivity contribution in [1.29, 1.82) is 0 Å². The van der Waals surface area contributed by atoms with Gasteiger partial charge < -0.3 is 15.5 Å². The highest BCUT2D eigenvalue weighted by atomic mass is 79.9. The predicted molar refractivity (Wildman–Crippen MR) is 112 cm³/mol. The summed E-state index contributed by atoms with van der Waals surface area (Å²) < 4.78 is 13.8. The summed E-state index contributed by atoms with van der Waals surface area (Å²) in [5.74, 6) is -1.12.